The Labute approximate surface area is 239 Å². The minimum Gasteiger partial charge on any atom is -0.339 e. The molecule has 2 heterocycles. The number of rotatable bonds is 10. The first-order valence-electron chi connectivity index (χ1n) is 13.7. The minimum atomic E-state index is -3.30. The Balaban J connectivity index is 0.00000370. The highest BCUT2D eigenvalue weighted by Crippen LogP contribution is 2.39. The van der Waals surface area contributed by atoms with Gasteiger partial charge in [-0.15, -0.1) is 0 Å². The number of likely N-dealkylation sites (tertiary alicyclic amines) is 1. The molecule has 3 aromatic carbocycles. The average Bonchev–Trinajstić information content (AvgIpc) is 3.21. The van der Waals surface area contributed by atoms with E-state index in [4.69, 9.17) is 0 Å². The minimum absolute atomic E-state index is 0. The summed E-state index contributed by atoms with van der Waals surface area (Å²) in [6, 6.07) is 31.5. The SMILES string of the molecule is C.CS(=O)(=O)NCCN1CN(c2ccccc2)C2(CCN(CCC(c3ccccc3)c3ccccc3)CC2)C1=O. The number of hydrogen-bond donors (Lipinski definition) is 1. The van der Waals surface area contributed by atoms with Gasteiger partial charge in [-0.2, -0.15) is 0 Å². The number of hydrogen-bond acceptors (Lipinski definition) is 5. The van der Waals surface area contributed by atoms with Crippen LogP contribution < -0.4 is 9.62 Å². The van der Waals surface area contributed by atoms with E-state index >= 15 is 0 Å². The van der Waals surface area contributed by atoms with Crippen LogP contribution in [0.15, 0.2) is 91.0 Å². The molecule has 0 aliphatic carbocycles. The van der Waals surface area contributed by atoms with Gasteiger partial charge in [-0.25, -0.2) is 13.1 Å². The molecular weight excluding hydrogens is 520 g/mol. The van der Waals surface area contributed by atoms with Crippen LogP contribution in [0.3, 0.4) is 0 Å². The maximum absolute atomic E-state index is 13.9. The van der Waals surface area contributed by atoms with E-state index in [9.17, 15) is 13.2 Å². The summed E-state index contributed by atoms with van der Waals surface area (Å²) in [6.45, 7) is 3.71. The van der Waals surface area contributed by atoms with Gasteiger partial charge < -0.3 is 14.7 Å². The van der Waals surface area contributed by atoms with Gasteiger partial charge in [0.05, 0.1) is 12.9 Å². The van der Waals surface area contributed by atoms with E-state index in [1.54, 1.807) is 0 Å². The third-order valence-corrected chi connectivity index (χ3v) is 8.88. The zero-order chi connectivity index (χ0) is 27.3. The largest absolute Gasteiger partial charge is 0.339 e. The van der Waals surface area contributed by atoms with E-state index < -0.39 is 15.6 Å². The number of sulfonamides is 1. The molecule has 0 atom stereocenters. The van der Waals surface area contributed by atoms with E-state index in [0.29, 0.717) is 19.1 Å². The summed E-state index contributed by atoms with van der Waals surface area (Å²) in [5.41, 5.74) is 3.10. The number of nitrogens with zero attached hydrogens (tertiary/aromatic N) is 3. The lowest BCUT2D eigenvalue weighted by Gasteiger charge is -2.43. The molecule has 1 spiro atoms. The number of nitrogens with one attached hydrogen (secondary N) is 1. The van der Waals surface area contributed by atoms with Crippen molar-refractivity contribution in [1.82, 2.24) is 14.5 Å². The van der Waals surface area contributed by atoms with Crippen molar-refractivity contribution < 1.29 is 13.2 Å². The third kappa shape index (κ3) is 6.74. The molecule has 0 bridgehead atoms. The second-order valence-corrected chi connectivity index (χ2v) is 12.5. The average molecular weight is 563 g/mol. The summed E-state index contributed by atoms with van der Waals surface area (Å²) in [6.07, 6.45) is 3.66. The highest BCUT2D eigenvalue weighted by atomic mass is 32.2. The van der Waals surface area contributed by atoms with Crippen LogP contribution in [0.5, 0.6) is 0 Å². The number of carbonyl (C=O) groups is 1. The molecule has 214 valence electrons. The van der Waals surface area contributed by atoms with Crippen LogP contribution in [0.25, 0.3) is 0 Å². The third-order valence-electron chi connectivity index (χ3n) is 8.15. The van der Waals surface area contributed by atoms with E-state index in [-0.39, 0.29) is 19.9 Å². The zero-order valence-electron chi connectivity index (χ0n) is 22.6. The zero-order valence-corrected chi connectivity index (χ0v) is 23.4. The van der Waals surface area contributed by atoms with Gasteiger partial charge >= 0.3 is 0 Å². The second-order valence-electron chi connectivity index (χ2n) is 10.7. The normalized spacial score (nSPS) is 17.4. The van der Waals surface area contributed by atoms with Crippen LogP contribution in [0.4, 0.5) is 5.69 Å². The van der Waals surface area contributed by atoms with E-state index in [2.05, 4.69) is 87.3 Å². The van der Waals surface area contributed by atoms with Crippen molar-refractivity contribution in [2.45, 2.75) is 38.1 Å². The van der Waals surface area contributed by atoms with Crippen LogP contribution in [0.1, 0.15) is 43.7 Å². The molecule has 2 saturated heterocycles. The molecule has 0 unspecified atom stereocenters. The van der Waals surface area contributed by atoms with Crippen LogP contribution >= 0.6 is 0 Å². The number of amides is 1. The lowest BCUT2D eigenvalue weighted by atomic mass is 9.84. The van der Waals surface area contributed by atoms with E-state index in [1.165, 1.54) is 11.1 Å². The Morgan fingerprint density at radius 2 is 1.35 bits per heavy atom. The highest BCUT2D eigenvalue weighted by Gasteiger charge is 2.53. The van der Waals surface area contributed by atoms with Gasteiger partial charge in [0, 0.05) is 37.8 Å². The van der Waals surface area contributed by atoms with Crippen molar-refractivity contribution in [2.75, 3.05) is 50.5 Å². The number of benzene rings is 3. The fourth-order valence-corrected chi connectivity index (χ4v) is 6.56. The van der Waals surface area contributed by atoms with E-state index in [0.717, 1.165) is 50.8 Å². The van der Waals surface area contributed by atoms with Crippen molar-refractivity contribution >= 4 is 21.6 Å². The molecule has 2 aliphatic rings. The van der Waals surface area contributed by atoms with Crippen LogP contribution in [0.2, 0.25) is 0 Å². The van der Waals surface area contributed by atoms with Gasteiger partial charge in [-0.1, -0.05) is 86.3 Å². The van der Waals surface area contributed by atoms with Gasteiger partial charge in [0.2, 0.25) is 15.9 Å². The number of piperidine rings is 1. The van der Waals surface area contributed by atoms with E-state index in [1.807, 2.05) is 23.1 Å². The summed E-state index contributed by atoms with van der Waals surface area (Å²) >= 11 is 0. The van der Waals surface area contributed by atoms with Gasteiger partial charge in [0.25, 0.3) is 0 Å². The molecule has 0 saturated carbocycles. The molecule has 7 nitrogen and oxygen atoms in total. The second kappa shape index (κ2) is 13.0. The molecular formula is C32H42N4O3S. The van der Waals surface area contributed by atoms with Crippen molar-refractivity contribution in [3.63, 3.8) is 0 Å². The summed E-state index contributed by atoms with van der Waals surface area (Å²) < 4.78 is 25.7. The molecule has 0 radical (unpaired) electrons. The van der Waals surface area contributed by atoms with Crippen molar-refractivity contribution in [3.8, 4) is 0 Å². The molecule has 0 aromatic heterocycles. The fourth-order valence-electron chi connectivity index (χ4n) is 6.09. The first-order chi connectivity index (χ1) is 18.9. The quantitative estimate of drug-likeness (QED) is 0.393. The fraction of sp³-hybridized carbons (Fsp3) is 0.406. The molecule has 5 rings (SSSR count). The number of para-hydroxylation sites is 1. The maximum atomic E-state index is 13.9. The summed E-state index contributed by atoms with van der Waals surface area (Å²) in [4.78, 5) is 20.4. The maximum Gasteiger partial charge on any atom is 0.250 e. The first-order valence-corrected chi connectivity index (χ1v) is 15.6. The smallest absolute Gasteiger partial charge is 0.250 e. The summed E-state index contributed by atoms with van der Waals surface area (Å²) in [7, 11) is -3.30. The van der Waals surface area contributed by atoms with Gasteiger partial charge in [-0.3, -0.25) is 4.79 Å². The van der Waals surface area contributed by atoms with Crippen LogP contribution in [-0.2, 0) is 14.8 Å². The Bertz CT molecular complexity index is 1290. The van der Waals surface area contributed by atoms with Crippen molar-refractivity contribution in [3.05, 3.63) is 102 Å². The molecule has 40 heavy (non-hydrogen) atoms. The predicted molar refractivity (Wildman–Crippen MR) is 163 cm³/mol. The standard InChI is InChI=1S/C31H38N4O3S.CH4/c1-39(37,38)32-20-24-34-25-35(28-15-9-4-10-16-28)31(30(34)36)18-22-33(23-19-31)21-17-29(26-11-5-2-6-12-26)27-13-7-3-8-14-27;/h2-16,29,32H,17-25H2,1H3;1H4. The Morgan fingerprint density at radius 1 is 0.825 bits per heavy atom. The number of carbonyl (C=O) groups excluding carboxylic acids is 1. The summed E-state index contributed by atoms with van der Waals surface area (Å²) in [5.74, 6) is 0.433. The summed E-state index contributed by atoms with van der Waals surface area (Å²) in [5, 5.41) is 0. The van der Waals surface area contributed by atoms with Crippen molar-refractivity contribution in [1.29, 1.82) is 0 Å². The van der Waals surface area contributed by atoms with Crippen LogP contribution in [-0.4, -0.2) is 75.3 Å². The Morgan fingerprint density at radius 3 is 1.88 bits per heavy atom. The van der Waals surface area contributed by atoms with Crippen molar-refractivity contribution in [2.24, 2.45) is 0 Å². The Hall–Kier alpha value is -3.20. The molecule has 2 aliphatic heterocycles. The molecule has 3 aromatic rings. The molecule has 2 fully saturated rings. The van der Waals surface area contributed by atoms with Gasteiger partial charge in [0.15, 0.2) is 0 Å². The first kappa shape index (κ1) is 29.8. The molecule has 1 N–H and O–H groups in total. The number of anilines is 1. The highest BCUT2D eigenvalue weighted by molar-refractivity contribution is 7.88. The van der Waals surface area contributed by atoms with Crippen LogP contribution in [0, 0.1) is 0 Å². The lowest BCUT2D eigenvalue weighted by Crippen LogP contribution is -2.56. The monoisotopic (exact) mass is 562 g/mol. The topological polar surface area (TPSA) is 73.0 Å². The van der Waals surface area contributed by atoms with Gasteiger partial charge in [0.1, 0.15) is 5.54 Å². The Kier molecular flexibility index (Phi) is 9.66. The predicted octanol–water partition coefficient (Wildman–Crippen LogP) is 4.53. The molecule has 1 amide bonds. The lowest BCUT2D eigenvalue weighted by molar-refractivity contribution is -0.133. The van der Waals surface area contributed by atoms with Gasteiger partial charge in [-0.05, 0) is 49.1 Å². The molecule has 8 heteroatoms.